The Morgan fingerprint density at radius 2 is 2.31 bits per heavy atom. The largest absolute Gasteiger partial charge is 0.376 e. The van der Waals surface area contributed by atoms with Crippen LogP contribution in [0.15, 0.2) is 16.7 Å². The third kappa shape index (κ3) is 2.38. The molecule has 1 aliphatic rings. The second-order valence-electron chi connectivity index (χ2n) is 4.44. The molecule has 0 atom stereocenters. The van der Waals surface area contributed by atoms with Crippen LogP contribution in [0.25, 0.3) is 0 Å². The third-order valence-corrected chi connectivity index (χ3v) is 3.86. The van der Waals surface area contributed by atoms with Gasteiger partial charge in [-0.15, -0.1) is 0 Å². The number of aromatic nitrogens is 1. The Labute approximate surface area is 105 Å². The monoisotopic (exact) mass is 284 g/mol. The fraction of sp³-hybridized carbons (Fsp3) is 0.583. The summed E-state index contributed by atoms with van der Waals surface area (Å²) in [5.41, 5.74) is 1.19. The highest BCUT2D eigenvalue weighted by molar-refractivity contribution is 9.10. The Balaban J connectivity index is 1.99. The molecule has 0 aliphatic heterocycles. The van der Waals surface area contributed by atoms with Crippen LogP contribution >= 0.6 is 15.9 Å². The zero-order valence-corrected chi connectivity index (χ0v) is 11.3. The van der Waals surface area contributed by atoms with Gasteiger partial charge in [-0.2, -0.15) is 0 Å². The number of pyridine rings is 1. The van der Waals surface area contributed by atoms with Gasteiger partial charge in [0.25, 0.3) is 0 Å². The van der Waals surface area contributed by atoms with E-state index in [4.69, 9.17) is 4.74 Å². The predicted molar refractivity (Wildman–Crippen MR) is 68.8 cm³/mol. The molecule has 0 radical (unpaired) electrons. The molecule has 1 heterocycles. The molecule has 1 N–H and O–H groups in total. The van der Waals surface area contributed by atoms with Crippen molar-refractivity contribution in [3.05, 3.63) is 22.3 Å². The molecule has 1 saturated carbocycles. The number of ether oxygens (including phenoxy) is 1. The molecule has 0 saturated heterocycles. The highest BCUT2D eigenvalue weighted by Crippen LogP contribution is 2.35. The molecular formula is C12H17BrN2O. The first-order chi connectivity index (χ1) is 7.65. The van der Waals surface area contributed by atoms with Gasteiger partial charge in [-0.05, 0) is 53.7 Å². The Morgan fingerprint density at radius 1 is 1.56 bits per heavy atom. The maximum Gasteiger partial charge on any atom is 0.140 e. The topological polar surface area (TPSA) is 34.1 Å². The summed E-state index contributed by atoms with van der Waals surface area (Å²) in [6, 6.07) is 2.07. The maximum atomic E-state index is 5.55. The number of aryl methyl sites for hydroxylation is 1. The first-order valence-corrected chi connectivity index (χ1v) is 6.36. The predicted octanol–water partition coefficient (Wildman–Crippen LogP) is 3.13. The number of nitrogens with zero attached hydrogens (tertiary/aromatic N) is 1. The summed E-state index contributed by atoms with van der Waals surface area (Å²) in [5.74, 6) is 0.897. The van der Waals surface area contributed by atoms with E-state index in [0.29, 0.717) is 0 Å². The van der Waals surface area contributed by atoms with E-state index < -0.39 is 0 Å². The van der Waals surface area contributed by atoms with Gasteiger partial charge in [-0.1, -0.05) is 0 Å². The van der Waals surface area contributed by atoms with E-state index in [1.807, 2.05) is 13.1 Å². The van der Waals surface area contributed by atoms with Crippen LogP contribution in [0.4, 0.5) is 5.82 Å². The van der Waals surface area contributed by atoms with Crippen molar-refractivity contribution in [2.24, 2.45) is 0 Å². The minimum atomic E-state index is 0.0337. The summed E-state index contributed by atoms with van der Waals surface area (Å²) >= 11 is 3.51. The molecule has 0 bridgehead atoms. The van der Waals surface area contributed by atoms with Crippen molar-refractivity contribution < 1.29 is 4.74 Å². The SMILES string of the molecule is COC1(CNc2ncc(C)cc2Br)CCC1. The van der Waals surface area contributed by atoms with Gasteiger partial charge < -0.3 is 10.1 Å². The average molecular weight is 285 g/mol. The number of hydrogen-bond acceptors (Lipinski definition) is 3. The van der Waals surface area contributed by atoms with Gasteiger partial charge in [0.15, 0.2) is 0 Å². The normalized spacial score (nSPS) is 17.9. The standard InChI is InChI=1S/C12H17BrN2O/c1-9-6-10(13)11(14-7-9)15-8-12(16-2)4-3-5-12/h6-7H,3-5,8H2,1-2H3,(H,14,15). The van der Waals surface area contributed by atoms with Gasteiger partial charge in [0.2, 0.25) is 0 Å². The molecule has 4 heteroatoms. The van der Waals surface area contributed by atoms with Crippen LogP contribution in [0.5, 0.6) is 0 Å². The fourth-order valence-corrected chi connectivity index (χ4v) is 2.54. The molecule has 0 aromatic carbocycles. The molecule has 2 rings (SSSR count). The third-order valence-electron chi connectivity index (χ3n) is 3.25. The summed E-state index contributed by atoms with van der Waals surface area (Å²) in [5, 5.41) is 3.35. The second kappa shape index (κ2) is 4.72. The van der Waals surface area contributed by atoms with Crippen LogP contribution in [-0.4, -0.2) is 24.2 Å². The Morgan fingerprint density at radius 3 is 2.81 bits per heavy atom. The van der Waals surface area contributed by atoms with Crippen LogP contribution in [-0.2, 0) is 4.74 Å². The van der Waals surface area contributed by atoms with E-state index in [1.165, 1.54) is 6.42 Å². The summed E-state index contributed by atoms with van der Waals surface area (Å²) in [6.45, 7) is 2.86. The Kier molecular flexibility index (Phi) is 3.50. The van der Waals surface area contributed by atoms with Crippen molar-refractivity contribution in [1.29, 1.82) is 0 Å². The van der Waals surface area contributed by atoms with Gasteiger partial charge in [0.1, 0.15) is 5.82 Å². The van der Waals surface area contributed by atoms with Crippen molar-refractivity contribution in [2.75, 3.05) is 19.0 Å². The fourth-order valence-electron chi connectivity index (χ4n) is 1.93. The number of anilines is 1. The van der Waals surface area contributed by atoms with E-state index in [1.54, 1.807) is 7.11 Å². The lowest BCUT2D eigenvalue weighted by Gasteiger charge is -2.40. The Hall–Kier alpha value is -0.610. The lowest BCUT2D eigenvalue weighted by atomic mass is 9.80. The number of methoxy groups -OCH3 is 1. The van der Waals surface area contributed by atoms with Gasteiger partial charge in [-0.25, -0.2) is 4.98 Å². The molecule has 0 unspecified atom stereocenters. The molecule has 1 aromatic heterocycles. The highest BCUT2D eigenvalue weighted by Gasteiger charge is 2.36. The van der Waals surface area contributed by atoms with E-state index in [9.17, 15) is 0 Å². The molecule has 16 heavy (non-hydrogen) atoms. The van der Waals surface area contributed by atoms with E-state index in [2.05, 4.69) is 32.3 Å². The highest BCUT2D eigenvalue weighted by atomic mass is 79.9. The van der Waals surface area contributed by atoms with Crippen LogP contribution in [0.1, 0.15) is 24.8 Å². The van der Waals surface area contributed by atoms with Crippen LogP contribution in [0.2, 0.25) is 0 Å². The Bertz CT molecular complexity index is 372. The van der Waals surface area contributed by atoms with Crippen molar-refractivity contribution in [1.82, 2.24) is 4.98 Å². The summed E-state index contributed by atoms with van der Waals surface area (Å²) < 4.78 is 6.57. The van der Waals surface area contributed by atoms with Gasteiger partial charge >= 0.3 is 0 Å². The minimum Gasteiger partial charge on any atom is -0.376 e. The number of hydrogen-bond donors (Lipinski definition) is 1. The summed E-state index contributed by atoms with van der Waals surface area (Å²) in [7, 11) is 1.79. The number of halogens is 1. The molecule has 1 fully saturated rings. The zero-order valence-electron chi connectivity index (χ0n) is 9.72. The maximum absolute atomic E-state index is 5.55. The molecule has 1 aromatic rings. The quantitative estimate of drug-likeness (QED) is 0.922. The summed E-state index contributed by atoms with van der Waals surface area (Å²) in [4.78, 5) is 4.36. The van der Waals surface area contributed by atoms with E-state index in [0.717, 1.165) is 35.2 Å². The van der Waals surface area contributed by atoms with Gasteiger partial charge in [0, 0.05) is 19.9 Å². The molecular weight excluding hydrogens is 268 g/mol. The lowest BCUT2D eigenvalue weighted by molar-refractivity contribution is -0.0601. The smallest absolute Gasteiger partial charge is 0.140 e. The van der Waals surface area contributed by atoms with Crippen molar-refractivity contribution in [3.8, 4) is 0 Å². The van der Waals surface area contributed by atoms with E-state index >= 15 is 0 Å². The number of nitrogens with one attached hydrogen (secondary N) is 1. The first-order valence-electron chi connectivity index (χ1n) is 5.56. The lowest BCUT2D eigenvalue weighted by Crippen LogP contribution is -2.45. The minimum absolute atomic E-state index is 0.0337. The van der Waals surface area contributed by atoms with Crippen LogP contribution in [0.3, 0.4) is 0 Å². The molecule has 1 aliphatic carbocycles. The van der Waals surface area contributed by atoms with Crippen LogP contribution < -0.4 is 5.32 Å². The van der Waals surface area contributed by atoms with Crippen molar-refractivity contribution in [3.63, 3.8) is 0 Å². The second-order valence-corrected chi connectivity index (χ2v) is 5.29. The number of rotatable bonds is 4. The zero-order chi connectivity index (χ0) is 11.6. The molecule has 3 nitrogen and oxygen atoms in total. The van der Waals surface area contributed by atoms with Gasteiger partial charge in [0.05, 0.1) is 10.1 Å². The van der Waals surface area contributed by atoms with Crippen molar-refractivity contribution in [2.45, 2.75) is 31.8 Å². The van der Waals surface area contributed by atoms with Gasteiger partial charge in [-0.3, -0.25) is 0 Å². The van der Waals surface area contributed by atoms with Crippen LogP contribution in [0, 0.1) is 6.92 Å². The molecule has 88 valence electrons. The van der Waals surface area contributed by atoms with Crippen molar-refractivity contribution >= 4 is 21.7 Å². The molecule has 0 spiro atoms. The van der Waals surface area contributed by atoms with E-state index in [-0.39, 0.29) is 5.60 Å². The summed E-state index contributed by atoms with van der Waals surface area (Å²) in [6.07, 6.45) is 5.41. The first kappa shape index (κ1) is 11.9. The molecule has 0 amide bonds. The average Bonchev–Trinajstić information content (AvgIpc) is 2.19.